The van der Waals surface area contributed by atoms with Crippen molar-refractivity contribution in [3.8, 4) is 11.8 Å². The molecule has 0 aliphatic carbocycles. The zero-order valence-electron chi connectivity index (χ0n) is 14.3. The maximum absolute atomic E-state index is 12.3. The molecule has 1 aliphatic rings. The third-order valence-electron chi connectivity index (χ3n) is 3.55. The molecular formula is C18H23N3O3. The first-order valence-electron chi connectivity index (χ1n) is 8.07. The third-order valence-corrected chi connectivity index (χ3v) is 3.55. The van der Waals surface area contributed by atoms with E-state index in [1.54, 1.807) is 30.5 Å². The molecule has 0 spiro atoms. The van der Waals surface area contributed by atoms with Crippen molar-refractivity contribution in [1.82, 2.24) is 4.90 Å². The van der Waals surface area contributed by atoms with Gasteiger partial charge in [-0.25, -0.2) is 0 Å². The average Bonchev–Trinajstić information content (AvgIpc) is 2.53. The quantitative estimate of drug-likeness (QED) is 0.664. The normalized spacial score (nSPS) is 21.1. The highest BCUT2D eigenvalue weighted by atomic mass is 16.5. The second-order valence-corrected chi connectivity index (χ2v) is 5.78. The molecule has 128 valence electrons. The molecule has 6 heteroatoms. The first kappa shape index (κ1) is 17.8. The lowest BCUT2D eigenvalue weighted by molar-refractivity contribution is -0.112. The van der Waals surface area contributed by atoms with Crippen LogP contribution in [0.3, 0.4) is 0 Å². The third kappa shape index (κ3) is 5.00. The van der Waals surface area contributed by atoms with Crippen molar-refractivity contribution < 1.29 is 14.3 Å². The molecule has 2 rings (SSSR count). The molecule has 1 aromatic rings. The summed E-state index contributed by atoms with van der Waals surface area (Å²) in [5.74, 6) is 0.316. The lowest BCUT2D eigenvalue weighted by atomic mass is 10.2. The smallest absolute Gasteiger partial charge is 0.267 e. The van der Waals surface area contributed by atoms with E-state index in [2.05, 4.69) is 5.32 Å². The molecule has 1 aromatic carbocycles. The Morgan fingerprint density at radius 2 is 2.00 bits per heavy atom. The number of hydrogen-bond donors (Lipinski definition) is 1. The van der Waals surface area contributed by atoms with Gasteiger partial charge in [-0.3, -0.25) is 4.79 Å². The van der Waals surface area contributed by atoms with Crippen molar-refractivity contribution in [1.29, 1.82) is 5.26 Å². The molecule has 1 amide bonds. The molecule has 24 heavy (non-hydrogen) atoms. The minimum Gasteiger partial charge on any atom is -0.494 e. The molecule has 0 saturated carbocycles. The van der Waals surface area contributed by atoms with E-state index in [1.807, 2.05) is 31.7 Å². The largest absolute Gasteiger partial charge is 0.494 e. The Balaban J connectivity index is 2.03. The number of nitrogens with one attached hydrogen (secondary N) is 1. The number of ether oxygens (including phenoxy) is 2. The second kappa shape index (κ2) is 8.37. The van der Waals surface area contributed by atoms with E-state index >= 15 is 0 Å². The van der Waals surface area contributed by atoms with Gasteiger partial charge >= 0.3 is 0 Å². The minimum absolute atomic E-state index is 0.0686. The average molecular weight is 329 g/mol. The van der Waals surface area contributed by atoms with Gasteiger partial charge in [0.2, 0.25) is 0 Å². The summed E-state index contributed by atoms with van der Waals surface area (Å²) in [6.07, 6.45) is 1.75. The van der Waals surface area contributed by atoms with Gasteiger partial charge < -0.3 is 19.7 Å². The highest BCUT2D eigenvalue weighted by Gasteiger charge is 2.21. The number of nitriles is 1. The van der Waals surface area contributed by atoms with Crippen LogP contribution in [0, 0.1) is 11.3 Å². The predicted octanol–water partition coefficient (Wildman–Crippen LogP) is 2.54. The minimum atomic E-state index is -0.423. The van der Waals surface area contributed by atoms with Gasteiger partial charge in [-0.1, -0.05) is 0 Å². The summed E-state index contributed by atoms with van der Waals surface area (Å²) in [7, 11) is 0. The van der Waals surface area contributed by atoms with Crippen LogP contribution in [0.5, 0.6) is 5.75 Å². The van der Waals surface area contributed by atoms with Gasteiger partial charge in [0.25, 0.3) is 5.91 Å². The standard InChI is InChI=1S/C18H23N3O3/c1-4-23-17-7-5-16(6-8-17)20-18(22)15(9-19)12-21-10-13(2)24-14(3)11-21/h5-8,12-14H,4,10-11H2,1-3H3,(H,20,22)/b15-12-. The Labute approximate surface area is 142 Å². The lowest BCUT2D eigenvalue weighted by Crippen LogP contribution is -2.43. The summed E-state index contributed by atoms with van der Waals surface area (Å²) in [6.45, 7) is 7.76. The van der Waals surface area contributed by atoms with Crippen molar-refractivity contribution in [3.05, 3.63) is 36.0 Å². The molecule has 0 bridgehead atoms. The molecule has 1 aliphatic heterocycles. The van der Waals surface area contributed by atoms with Gasteiger partial charge in [0.1, 0.15) is 17.4 Å². The Hall–Kier alpha value is -2.52. The fraction of sp³-hybridized carbons (Fsp3) is 0.444. The van der Waals surface area contributed by atoms with E-state index in [9.17, 15) is 10.1 Å². The van der Waals surface area contributed by atoms with Gasteiger partial charge in [-0.15, -0.1) is 0 Å². The van der Waals surface area contributed by atoms with Crippen LogP contribution in [-0.2, 0) is 9.53 Å². The number of carbonyl (C=O) groups is 1. The van der Waals surface area contributed by atoms with Crippen LogP contribution < -0.4 is 10.1 Å². The maximum atomic E-state index is 12.3. The van der Waals surface area contributed by atoms with Crippen LogP contribution in [0.25, 0.3) is 0 Å². The molecule has 6 nitrogen and oxygen atoms in total. The van der Waals surface area contributed by atoms with Crippen molar-refractivity contribution in [2.75, 3.05) is 25.0 Å². The Morgan fingerprint density at radius 1 is 1.38 bits per heavy atom. The molecule has 2 atom stereocenters. The van der Waals surface area contributed by atoms with E-state index in [0.29, 0.717) is 25.4 Å². The molecule has 0 radical (unpaired) electrons. The number of carbonyl (C=O) groups excluding carboxylic acids is 1. The number of hydrogen-bond acceptors (Lipinski definition) is 5. The number of rotatable bonds is 5. The van der Waals surface area contributed by atoms with Crippen LogP contribution >= 0.6 is 0 Å². The molecule has 1 saturated heterocycles. The number of anilines is 1. The van der Waals surface area contributed by atoms with Gasteiger partial charge in [0, 0.05) is 25.0 Å². The zero-order chi connectivity index (χ0) is 17.5. The molecule has 1 fully saturated rings. The topological polar surface area (TPSA) is 74.6 Å². The molecule has 1 heterocycles. The first-order chi connectivity index (χ1) is 11.5. The zero-order valence-corrected chi connectivity index (χ0v) is 14.3. The number of nitrogens with zero attached hydrogens (tertiary/aromatic N) is 2. The summed E-state index contributed by atoms with van der Waals surface area (Å²) >= 11 is 0. The van der Waals surface area contributed by atoms with Crippen molar-refractivity contribution >= 4 is 11.6 Å². The van der Waals surface area contributed by atoms with E-state index in [4.69, 9.17) is 9.47 Å². The van der Waals surface area contributed by atoms with Crippen molar-refractivity contribution in [2.24, 2.45) is 0 Å². The molecule has 0 aromatic heterocycles. The summed E-state index contributed by atoms with van der Waals surface area (Å²) in [6, 6.07) is 9.02. The molecule has 1 N–H and O–H groups in total. The van der Waals surface area contributed by atoms with Crippen molar-refractivity contribution in [3.63, 3.8) is 0 Å². The number of amides is 1. The Morgan fingerprint density at radius 3 is 2.54 bits per heavy atom. The predicted molar refractivity (Wildman–Crippen MR) is 91.5 cm³/mol. The molecule has 2 unspecified atom stereocenters. The van der Waals surface area contributed by atoms with Crippen LogP contribution in [0.4, 0.5) is 5.69 Å². The first-order valence-corrected chi connectivity index (χ1v) is 8.07. The summed E-state index contributed by atoms with van der Waals surface area (Å²) in [4.78, 5) is 14.3. The van der Waals surface area contributed by atoms with Crippen LogP contribution in [0.1, 0.15) is 20.8 Å². The van der Waals surface area contributed by atoms with Crippen molar-refractivity contribution in [2.45, 2.75) is 33.0 Å². The summed E-state index contributed by atoms with van der Waals surface area (Å²) in [5, 5.41) is 12.0. The van der Waals surface area contributed by atoms with Crippen LogP contribution in [0.15, 0.2) is 36.0 Å². The fourth-order valence-corrected chi connectivity index (χ4v) is 2.64. The molecular weight excluding hydrogens is 306 g/mol. The van der Waals surface area contributed by atoms with E-state index in [1.165, 1.54) is 0 Å². The van der Waals surface area contributed by atoms with E-state index in [-0.39, 0.29) is 17.8 Å². The highest BCUT2D eigenvalue weighted by molar-refractivity contribution is 6.06. The Kier molecular flexibility index (Phi) is 6.21. The number of benzene rings is 1. The van der Waals surface area contributed by atoms with E-state index in [0.717, 1.165) is 5.75 Å². The highest BCUT2D eigenvalue weighted by Crippen LogP contribution is 2.17. The van der Waals surface area contributed by atoms with Gasteiger partial charge in [0.05, 0.1) is 18.8 Å². The van der Waals surface area contributed by atoms with Gasteiger partial charge in [0.15, 0.2) is 0 Å². The van der Waals surface area contributed by atoms with Crippen LogP contribution in [-0.4, -0.2) is 42.7 Å². The number of morpholine rings is 1. The monoisotopic (exact) mass is 329 g/mol. The van der Waals surface area contributed by atoms with Gasteiger partial charge in [-0.05, 0) is 45.0 Å². The summed E-state index contributed by atoms with van der Waals surface area (Å²) < 4.78 is 11.0. The lowest BCUT2D eigenvalue weighted by Gasteiger charge is -2.34. The fourth-order valence-electron chi connectivity index (χ4n) is 2.64. The van der Waals surface area contributed by atoms with Crippen LogP contribution in [0.2, 0.25) is 0 Å². The second-order valence-electron chi connectivity index (χ2n) is 5.78. The Bertz CT molecular complexity index is 624. The van der Waals surface area contributed by atoms with E-state index < -0.39 is 5.91 Å². The summed E-state index contributed by atoms with van der Waals surface area (Å²) in [5.41, 5.74) is 0.693. The van der Waals surface area contributed by atoms with Gasteiger partial charge in [-0.2, -0.15) is 5.26 Å². The SMILES string of the molecule is CCOc1ccc(NC(=O)/C(C#N)=C\N2CC(C)OC(C)C2)cc1. The maximum Gasteiger partial charge on any atom is 0.267 e.